The second-order valence-corrected chi connectivity index (χ2v) is 11.4. The maximum absolute atomic E-state index is 14.2. The van der Waals surface area contributed by atoms with Gasteiger partial charge in [-0.05, 0) is 78.4 Å². The Labute approximate surface area is 230 Å². The molecule has 0 aliphatic carbocycles. The molecular formula is C32H42F2O3S. The average Bonchev–Trinajstić information content (AvgIpc) is 3.32. The van der Waals surface area contributed by atoms with E-state index in [1.807, 2.05) is 18.2 Å². The highest BCUT2D eigenvalue weighted by Gasteiger charge is 2.27. The highest BCUT2D eigenvalue weighted by molar-refractivity contribution is 7.22. The van der Waals surface area contributed by atoms with E-state index in [-0.39, 0.29) is 50.8 Å². The van der Waals surface area contributed by atoms with Gasteiger partial charge in [-0.1, -0.05) is 58.7 Å². The Hall–Kier alpha value is -2.47. The van der Waals surface area contributed by atoms with E-state index in [4.69, 9.17) is 9.47 Å². The number of esters is 1. The summed E-state index contributed by atoms with van der Waals surface area (Å²) in [5.41, 5.74) is 4.08. The lowest BCUT2D eigenvalue weighted by molar-refractivity contribution is -0.148. The van der Waals surface area contributed by atoms with Gasteiger partial charge in [-0.25, -0.2) is 8.78 Å². The van der Waals surface area contributed by atoms with Crippen LogP contribution in [0.25, 0.3) is 20.5 Å². The summed E-state index contributed by atoms with van der Waals surface area (Å²) in [5.74, 6) is -2.68. The third-order valence-electron chi connectivity index (χ3n) is 6.73. The summed E-state index contributed by atoms with van der Waals surface area (Å²) < 4.78 is 40.3. The molecular weight excluding hydrogens is 502 g/mol. The van der Waals surface area contributed by atoms with E-state index in [2.05, 4.69) is 38.1 Å². The van der Waals surface area contributed by atoms with Crippen molar-refractivity contribution in [2.45, 2.75) is 91.4 Å². The summed E-state index contributed by atoms with van der Waals surface area (Å²) in [6, 6.07) is 15.1. The van der Waals surface area contributed by atoms with Gasteiger partial charge < -0.3 is 9.47 Å². The highest BCUT2D eigenvalue weighted by atomic mass is 32.1. The molecule has 1 aromatic heterocycles. The summed E-state index contributed by atoms with van der Waals surface area (Å²) >= 11 is 1.74. The van der Waals surface area contributed by atoms with Crippen molar-refractivity contribution in [2.75, 3.05) is 13.2 Å². The van der Waals surface area contributed by atoms with Crippen molar-refractivity contribution in [3.05, 3.63) is 53.6 Å². The van der Waals surface area contributed by atoms with Gasteiger partial charge >= 0.3 is 5.97 Å². The van der Waals surface area contributed by atoms with E-state index in [0.29, 0.717) is 5.75 Å². The van der Waals surface area contributed by atoms with Crippen molar-refractivity contribution >= 4 is 27.4 Å². The van der Waals surface area contributed by atoms with Crippen molar-refractivity contribution in [1.82, 2.24) is 0 Å². The summed E-state index contributed by atoms with van der Waals surface area (Å²) in [6.07, 6.45) is 5.74. The minimum absolute atomic E-state index is 0.0365. The molecule has 0 amide bonds. The molecule has 0 radical (unpaired) electrons. The summed E-state index contributed by atoms with van der Waals surface area (Å²) in [5, 5.41) is 1.16. The van der Waals surface area contributed by atoms with Crippen LogP contribution in [0.3, 0.4) is 0 Å². The van der Waals surface area contributed by atoms with Crippen LogP contribution in [0.1, 0.15) is 83.8 Å². The molecule has 0 bridgehead atoms. The summed E-state index contributed by atoms with van der Waals surface area (Å²) in [6.45, 7) is 8.16. The number of unbranched alkanes of at least 4 members (excludes halogenated alkanes) is 2. The number of thiophene rings is 1. The van der Waals surface area contributed by atoms with Crippen LogP contribution < -0.4 is 4.74 Å². The minimum atomic E-state index is -2.79. The van der Waals surface area contributed by atoms with Crippen molar-refractivity contribution in [1.29, 1.82) is 0 Å². The zero-order valence-electron chi connectivity index (χ0n) is 23.3. The number of hydrogen-bond donors (Lipinski definition) is 0. The van der Waals surface area contributed by atoms with E-state index >= 15 is 0 Å². The highest BCUT2D eigenvalue weighted by Crippen LogP contribution is 2.37. The molecule has 0 aliphatic heterocycles. The first-order valence-electron chi connectivity index (χ1n) is 14.1. The fourth-order valence-electron chi connectivity index (χ4n) is 4.46. The molecule has 0 atom stereocenters. The molecule has 0 spiro atoms. The average molecular weight is 545 g/mol. The monoisotopic (exact) mass is 544 g/mol. The van der Waals surface area contributed by atoms with E-state index < -0.39 is 5.92 Å². The summed E-state index contributed by atoms with van der Waals surface area (Å²) in [7, 11) is 0. The smallest absolute Gasteiger partial charge is 0.308 e. The lowest BCUT2D eigenvalue weighted by atomic mass is 9.98. The van der Waals surface area contributed by atoms with Crippen molar-refractivity contribution in [2.24, 2.45) is 5.92 Å². The number of benzene rings is 2. The Bertz CT molecular complexity index is 1170. The number of carbonyl (C=O) groups excluding carboxylic acids is 1. The largest absolute Gasteiger partial charge is 0.494 e. The molecule has 208 valence electrons. The molecule has 0 fully saturated rings. The second-order valence-electron chi connectivity index (χ2n) is 10.3. The summed E-state index contributed by atoms with van der Waals surface area (Å²) in [4.78, 5) is 12.7. The van der Waals surface area contributed by atoms with Gasteiger partial charge in [-0.2, -0.15) is 0 Å². The van der Waals surface area contributed by atoms with E-state index in [1.54, 1.807) is 25.2 Å². The van der Waals surface area contributed by atoms with Gasteiger partial charge in [-0.15, -0.1) is 11.3 Å². The van der Waals surface area contributed by atoms with Gasteiger partial charge in [0.05, 0.1) is 19.1 Å². The third-order valence-corrected chi connectivity index (χ3v) is 7.87. The zero-order chi connectivity index (χ0) is 27.5. The van der Waals surface area contributed by atoms with E-state index in [0.717, 1.165) is 22.9 Å². The topological polar surface area (TPSA) is 35.5 Å². The first-order chi connectivity index (χ1) is 18.2. The Morgan fingerprint density at radius 2 is 1.71 bits per heavy atom. The molecule has 3 aromatic rings. The van der Waals surface area contributed by atoms with Crippen LogP contribution in [0.15, 0.2) is 42.5 Å². The molecule has 6 heteroatoms. The third kappa shape index (κ3) is 9.07. The van der Waals surface area contributed by atoms with Crippen LogP contribution in [-0.4, -0.2) is 25.1 Å². The number of ether oxygens (including phenoxy) is 2. The van der Waals surface area contributed by atoms with Gasteiger partial charge in [0.15, 0.2) is 0 Å². The predicted octanol–water partition coefficient (Wildman–Crippen LogP) is 9.64. The molecule has 38 heavy (non-hydrogen) atoms. The number of halogens is 2. The zero-order valence-corrected chi connectivity index (χ0v) is 24.1. The van der Waals surface area contributed by atoms with Crippen LogP contribution in [-0.2, 0) is 22.4 Å². The fraction of sp³-hybridized carbons (Fsp3) is 0.531. The van der Waals surface area contributed by atoms with Crippen molar-refractivity contribution < 1.29 is 23.0 Å². The Kier molecular flexibility index (Phi) is 11.6. The van der Waals surface area contributed by atoms with Crippen LogP contribution in [0.5, 0.6) is 5.75 Å². The van der Waals surface area contributed by atoms with Crippen LogP contribution in [0, 0.1) is 5.92 Å². The number of hydrogen-bond acceptors (Lipinski definition) is 4. The number of rotatable bonds is 16. The van der Waals surface area contributed by atoms with Crippen LogP contribution in [0.4, 0.5) is 8.78 Å². The lowest BCUT2D eigenvalue weighted by Crippen LogP contribution is -2.19. The van der Waals surface area contributed by atoms with Gasteiger partial charge in [0.1, 0.15) is 5.75 Å². The molecule has 3 rings (SSSR count). The van der Waals surface area contributed by atoms with E-state index in [1.165, 1.54) is 40.8 Å². The molecule has 2 aromatic carbocycles. The molecule has 0 saturated carbocycles. The molecule has 0 aliphatic rings. The van der Waals surface area contributed by atoms with Crippen LogP contribution in [0.2, 0.25) is 0 Å². The standard InChI is InChI=1S/C32H42F2O3S/c1-5-7-8-11-24-12-15-28(25(6-2)20-24)30-21-26-13-14-27(22-29(26)38-30)36-18-9-16-32(33,34)17-10-19-37-31(35)23(3)4/h12-15,20-23H,5-11,16-19H2,1-4H3. The molecule has 0 saturated heterocycles. The number of fused-ring (bicyclic) bond motifs is 1. The molecule has 0 unspecified atom stereocenters. The van der Waals surface area contributed by atoms with Crippen LogP contribution >= 0.6 is 11.3 Å². The van der Waals surface area contributed by atoms with Crippen molar-refractivity contribution in [3.63, 3.8) is 0 Å². The number of carbonyl (C=O) groups is 1. The second kappa shape index (κ2) is 14.6. The van der Waals surface area contributed by atoms with Gasteiger partial charge in [0.2, 0.25) is 5.92 Å². The Morgan fingerprint density at radius 1 is 0.947 bits per heavy atom. The molecule has 1 heterocycles. The Morgan fingerprint density at radius 3 is 2.42 bits per heavy atom. The van der Waals surface area contributed by atoms with E-state index in [9.17, 15) is 13.6 Å². The Balaban J connectivity index is 1.52. The first-order valence-corrected chi connectivity index (χ1v) is 14.9. The van der Waals surface area contributed by atoms with Gasteiger partial charge in [0, 0.05) is 22.4 Å². The maximum Gasteiger partial charge on any atom is 0.308 e. The SMILES string of the molecule is CCCCCc1ccc(-c2cc3ccc(OCCCC(F)(F)CCCOC(=O)C(C)C)cc3s2)c(CC)c1. The molecule has 3 nitrogen and oxygen atoms in total. The normalized spacial score (nSPS) is 11.9. The van der Waals surface area contributed by atoms with Crippen molar-refractivity contribution in [3.8, 4) is 16.2 Å². The molecule has 0 N–H and O–H groups in total. The predicted molar refractivity (Wildman–Crippen MR) is 155 cm³/mol. The number of alkyl halides is 2. The quantitative estimate of drug-likeness (QED) is 0.133. The fourth-order valence-corrected chi connectivity index (χ4v) is 5.62. The minimum Gasteiger partial charge on any atom is -0.494 e. The first kappa shape index (κ1) is 30.1. The maximum atomic E-state index is 14.2. The van der Waals surface area contributed by atoms with Gasteiger partial charge in [0.25, 0.3) is 0 Å². The van der Waals surface area contributed by atoms with Gasteiger partial charge in [-0.3, -0.25) is 4.79 Å². The lowest BCUT2D eigenvalue weighted by Gasteiger charge is -2.16. The number of aryl methyl sites for hydroxylation is 2.